The fourth-order valence-electron chi connectivity index (χ4n) is 3.60. The summed E-state index contributed by atoms with van der Waals surface area (Å²) in [4.78, 5) is 28.8. The van der Waals surface area contributed by atoms with E-state index in [4.69, 9.17) is 0 Å². The maximum absolute atomic E-state index is 13.2. The summed E-state index contributed by atoms with van der Waals surface area (Å²) in [5, 5.41) is -0.982. The van der Waals surface area contributed by atoms with Gasteiger partial charge >= 0.3 is 6.18 Å². The van der Waals surface area contributed by atoms with Crippen LogP contribution in [0.15, 0.2) is 48.5 Å². The largest absolute Gasteiger partial charge is 0.416 e. The van der Waals surface area contributed by atoms with Gasteiger partial charge in [-0.3, -0.25) is 9.59 Å². The van der Waals surface area contributed by atoms with Crippen molar-refractivity contribution in [3.63, 3.8) is 0 Å². The standard InChI is InChI=1S/C23H24F4N2O2S/c1-14(2)28(21(31)16-7-9-19(24)10-8-16)11-12-29-20(30)15(3)32-22(29)17-5-4-6-18(13-17)23(25,26)27/h4-10,13-15,22H,11-12H2,1-3H3. The van der Waals surface area contributed by atoms with E-state index in [2.05, 4.69) is 0 Å². The average Bonchev–Trinajstić information content (AvgIpc) is 3.02. The summed E-state index contributed by atoms with van der Waals surface area (Å²) in [6.07, 6.45) is -4.48. The minimum atomic E-state index is -4.48. The highest BCUT2D eigenvalue weighted by molar-refractivity contribution is 8.01. The minimum Gasteiger partial charge on any atom is -0.334 e. The van der Waals surface area contributed by atoms with Gasteiger partial charge in [0.2, 0.25) is 5.91 Å². The lowest BCUT2D eigenvalue weighted by Gasteiger charge is -2.31. The van der Waals surface area contributed by atoms with E-state index in [1.165, 1.54) is 47.0 Å². The van der Waals surface area contributed by atoms with E-state index in [0.29, 0.717) is 11.1 Å². The van der Waals surface area contributed by atoms with Gasteiger partial charge in [0.05, 0.1) is 10.8 Å². The lowest BCUT2D eigenvalue weighted by Crippen LogP contribution is -2.43. The molecular formula is C23H24F4N2O2S. The van der Waals surface area contributed by atoms with Crippen LogP contribution in [0.5, 0.6) is 0 Å². The molecule has 0 radical (unpaired) electrons. The van der Waals surface area contributed by atoms with Crippen molar-refractivity contribution in [3.05, 3.63) is 71.0 Å². The monoisotopic (exact) mass is 468 g/mol. The van der Waals surface area contributed by atoms with E-state index in [1.54, 1.807) is 17.9 Å². The molecule has 0 aromatic heterocycles. The third-order valence-corrected chi connectivity index (χ3v) is 6.70. The predicted octanol–water partition coefficient (Wildman–Crippen LogP) is 5.36. The van der Waals surface area contributed by atoms with Gasteiger partial charge in [-0.05, 0) is 62.7 Å². The third kappa shape index (κ3) is 5.26. The first-order valence-corrected chi connectivity index (χ1v) is 11.1. The molecule has 0 saturated carbocycles. The molecule has 1 heterocycles. The fourth-order valence-corrected chi connectivity index (χ4v) is 4.90. The first-order chi connectivity index (χ1) is 15.0. The lowest BCUT2D eigenvalue weighted by atomic mass is 10.1. The molecule has 172 valence electrons. The van der Waals surface area contributed by atoms with Gasteiger partial charge in [-0.15, -0.1) is 11.8 Å². The Bertz CT molecular complexity index is 979. The first kappa shape index (κ1) is 24.1. The molecule has 2 amide bonds. The summed E-state index contributed by atoms with van der Waals surface area (Å²) in [5.74, 6) is -0.937. The van der Waals surface area contributed by atoms with Crippen molar-refractivity contribution < 1.29 is 27.2 Å². The van der Waals surface area contributed by atoms with Gasteiger partial charge in [0.25, 0.3) is 5.91 Å². The molecular weight excluding hydrogens is 444 g/mol. The van der Waals surface area contributed by atoms with Crippen molar-refractivity contribution in [2.75, 3.05) is 13.1 Å². The predicted molar refractivity (Wildman–Crippen MR) is 116 cm³/mol. The third-order valence-electron chi connectivity index (χ3n) is 5.30. The summed E-state index contributed by atoms with van der Waals surface area (Å²) in [7, 11) is 0. The highest BCUT2D eigenvalue weighted by Gasteiger charge is 2.40. The van der Waals surface area contributed by atoms with Crippen LogP contribution < -0.4 is 0 Å². The van der Waals surface area contributed by atoms with E-state index >= 15 is 0 Å². The van der Waals surface area contributed by atoms with Crippen LogP contribution in [0.3, 0.4) is 0 Å². The van der Waals surface area contributed by atoms with E-state index in [0.717, 1.165) is 12.1 Å². The average molecular weight is 469 g/mol. The Morgan fingerprint density at radius 1 is 1.16 bits per heavy atom. The number of thioether (sulfide) groups is 1. The molecule has 3 rings (SSSR count). The summed E-state index contributed by atoms with van der Waals surface area (Å²) in [5.41, 5.74) is -0.0497. The molecule has 0 N–H and O–H groups in total. The number of hydrogen-bond acceptors (Lipinski definition) is 3. The van der Waals surface area contributed by atoms with Crippen molar-refractivity contribution in [3.8, 4) is 0 Å². The Hall–Kier alpha value is -2.55. The number of alkyl halides is 3. The van der Waals surface area contributed by atoms with E-state index < -0.39 is 28.2 Å². The molecule has 1 aliphatic rings. The van der Waals surface area contributed by atoms with Crippen LogP contribution in [0.25, 0.3) is 0 Å². The van der Waals surface area contributed by atoms with Gasteiger partial charge in [0.1, 0.15) is 11.2 Å². The summed E-state index contributed by atoms with van der Waals surface area (Å²) < 4.78 is 52.7. The van der Waals surface area contributed by atoms with Crippen LogP contribution in [-0.2, 0) is 11.0 Å². The van der Waals surface area contributed by atoms with Crippen molar-refractivity contribution in [1.29, 1.82) is 0 Å². The van der Waals surface area contributed by atoms with Crippen LogP contribution in [0.1, 0.15) is 47.6 Å². The number of carbonyl (C=O) groups excluding carboxylic acids is 2. The molecule has 2 aromatic carbocycles. The zero-order valence-electron chi connectivity index (χ0n) is 17.9. The fraction of sp³-hybridized carbons (Fsp3) is 0.391. The van der Waals surface area contributed by atoms with Crippen LogP contribution in [0, 0.1) is 5.82 Å². The van der Waals surface area contributed by atoms with E-state index in [9.17, 15) is 27.2 Å². The molecule has 2 aromatic rings. The van der Waals surface area contributed by atoms with Gasteiger partial charge in [-0.1, -0.05) is 12.1 Å². The van der Waals surface area contributed by atoms with Crippen LogP contribution in [0.4, 0.5) is 17.6 Å². The van der Waals surface area contributed by atoms with Crippen LogP contribution >= 0.6 is 11.8 Å². The highest BCUT2D eigenvalue weighted by Crippen LogP contribution is 2.44. The van der Waals surface area contributed by atoms with Gasteiger partial charge in [-0.2, -0.15) is 13.2 Å². The topological polar surface area (TPSA) is 40.6 Å². The van der Waals surface area contributed by atoms with Crippen LogP contribution in [0.2, 0.25) is 0 Å². The highest BCUT2D eigenvalue weighted by atomic mass is 32.2. The summed E-state index contributed by atoms with van der Waals surface area (Å²) in [6.45, 7) is 5.74. The second-order valence-corrected chi connectivity index (χ2v) is 9.31. The number of amides is 2. The Morgan fingerprint density at radius 2 is 1.81 bits per heavy atom. The molecule has 32 heavy (non-hydrogen) atoms. The van der Waals surface area contributed by atoms with Crippen molar-refractivity contribution >= 4 is 23.6 Å². The van der Waals surface area contributed by atoms with Crippen molar-refractivity contribution in [2.24, 2.45) is 0 Å². The van der Waals surface area contributed by atoms with E-state index in [1.807, 2.05) is 13.8 Å². The normalized spacial score (nSPS) is 19.0. The zero-order valence-corrected chi connectivity index (χ0v) is 18.7. The molecule has 2 unspecified atom stereocenters. The van der Waals surface area contributed by atoms with Crippen molar-refractivity contribution in [1.82, 2.24) is 9.80 Å². The quantitative estimate of drug-likeness (QED) is 0.536. The summed E-state index contributed by atoms with van der Waals surface area (Å²) in [6, 6.07) is 10.0. The van der Waals surface area contributed by atoms with E-state index in [-0.39, 0.29) is 30.9 Å². The number of nitrogens with zero attached hydrogens (tertiary/aromatic N) is 2. The molecule has 2 atom stereocenters. The number of hydrogen-bond donors (Lipinski definition) is 0. The summed E-state index contributed by atoms with van der Waals surface area (Å²) >= 11 is 1.28. The Morgan fingerprint density at radius 3 is 2.41 bits per heavy atom. The first-order valence-electron chi connectivity index (χ1n) is 10.2. The molecule has 1 fully saturated rings. The molecule has 4 nitrogen and oxygen atoms in total. The molecule has 1 saturated heterocycles. The minimum absolute atomic E-state index is 0.169. The van der Waals surface area contributed by atoms with Crippen molar-refractivity contribution in [2.45, 2.75) is 43.6 Å². The Balaban J connectivity index is 1.81. The maximum atomic E-state index is 13.2. The number of rotatable bonds is 6. The second-order valence-electron chi connectivity index (χ2n) is 7.88. The van der Waals surface area contributed by atoms with Gasteiger partial charge in [0.15, 0.2) is 0 Å². The number of halogens is 4. The maximum Gasteiger partial charge on any atom is 0.416 e. The second kappa shape index (κ2) is 9.52. The van der Waals surface area contributed by atoms with Gasteiger partial charge in [-0.25, -0.2) is 4.39 Å². The Labute approximate surface area is 188 Å². The molecule has 1 aliphatic heterocycles. The number of carbonyl (C=O) groups is 2. The SMILES string of the molecule is CC1SC(c2cccc(C(F)(F)F)c2)N(CCN(C(=O)c2ccc(F)cc2)C(C)C)C1=O. The number of benzene rings is 2. The van der Waals surface area contributed by atoms with Gasteiger partial charge in [0, 0.05) is 24.7 Å². The molecule has 0 spiro atoms. The molecule has 0 aliphatic carbocycles. The van der Waals surface area contributed by atoms with Gasteiger partial charge < -0.3 is 9.80 Å². The molecule has 0 bridgehead atoms. The Kier molecular flexibility index (Phi) is 7.17. The lowest BCUT2D eigenvalue weighted by molar-refractivity contribution is -0.137. The molecule has 9 heteroatoms. The zero-order chi connectivity index (χ0) is 23.6. The smallest absolute Gasteiger partial charge is 0.334 e. The van der Waals surface area contributed by atoms with Crippen LogP contribution in [-0.4, -0.2) is 46.0 Å².